The van der Waals surface area contributed by atoms with Gasteiger partial charge in [0.2, 0.25) is 0 Å². The topological polar surface area (TPSA) is 15.3 Å². The van der Waals surface area contributed by atoms with Gasteiger partial charge in [0, 0.05) is 43.9 Å². The Hall–Kier alpha value is -0.780. The van der Waals surface area contributed by atoms with E-state index in [1.54, 1.807) is 0 Å². The number of halogens is 4. The van der Waals surface area contributed by atoms with E-state index in [1.165, 1.54) is 0 Å². The molecule has 0 radical (unpaired) electrons. The van der Waals surface area contributed by atoms with E-state index >= 15 is 0 Å². The van der Waals surface area contributed by atoms with Gasteiger partial charge in [-0.2, -0.15) is 0 Å². The van der Waals surface area contributed by atoms with Crippen LogP contribution in [0.1, 0.15) is 38.3 Å². The molecule has 1 fully saturated rings. The lowest BCUT2D eigenvalue weighted by Gasteiger charge is -2.38. The van der Waals surface area contributed by atoms with Gasteiger partial charge in [-0.3, -0.25) is 4.90 Å². The summed E-state index contributed by atoms with van der Waals surface area (Å²) in [6, 6.07) is 1.48. The van der Waals surface area contributed by atoms with Crippen molar-refractivity contribution in [3.63, 3.8) is 0 Å². The zero-order valence-electron chi connectivity index (χ0n) is 13.0. The smallest absolute Gasteiger partial charge is 0.163 e. The van der Waals surface area contributed by atoms with Crippen molar-refractivity contribution in [3.05, 3.63) is 35.1 Å². The molecule has 1 aliphatic rings. The Labute approximate surface area is 136 Å². The zero-order chi connectivity index (χ0) is 15.4. The molecule has 0 saturated carbocycles. The molecule has 0 bridgehead atoms. The molecule has 1 heterocycles. The van der Waals surface area contributed by atoms with E-state index in [4.69, 9.17) is 0 Å². The molecule has 0 amide bonds. The van der Waals surface area contributed by atoms with Gasteiger partial charge in [0.1, 0.15) is 5.82 Å². The third-order valence-corrected chi connectivity index (χ3v) is 4.17. The average Bonchev–Trinajstić information content (AvgIpc) is 2.46. The summed E-state index contributed by atoms with van der Waals surface area (Å²) >= 11 is 0. The second kappa shape index (κ2) is 8.75. The predicted molar refractivity (Wildman–Crippen MR) is 84.8 cm³/mol. The summed E-state index contributed by atoms with van der Waals surface area (Å²) in [5, 5.41) is 3.25. The van der Waals surface area contributed by atoms with Crippen molar-refractivity contribution in [3.8, 4) is 0 Å². The van der Waals surface area contributed by atoms with E-state index in [-0.39, 0.29) is 29.9 Å². The fraction of sp³-hybridized carbons (Fsp3) is 0.625. The van der Waals surface area contributed by atoms with E-state index < -0.39 is 17.5 Å². The molecule has 0 aromatic heterocycles. The highest BCUT2D eigenvalue weighted by atomic mass is 35.5. The molecule has 126 valence electrons. The number of hydrogen-bond donors (Lipinski definition) is 1. The molecule has 1 aliphatic heterocycles. The SMILES string of the molecule is CCCC(C)[C@@H](c1cc(F)cc(F)c1F)N1CCNCC1.Cl. The molecular formula is C16H24ClF3N2. The van der Waals surface area contributed by atoms with Crippen molar-refractivity contribution in [2.45, 2.75) is 32.7 Å². The van der Waals surface area contributed by atoms with Gasteiger partial charge in [0.25, 0.3) is 0 Å². The standard InChI is InChI=1S/C16H23F3N2.ClH/c1-3-4-11(2)16(21-7-5-20-6-8-21)13-9-12(17)10-14(18)15(13)19;/h9-11,16,20H,3-8H2,1-2H3;1H/t11?,16-;/m0./s1. The molecule has 0 spiro atoms. The molecule has 2 rings (SSSR count). The second-order valence-electron chi connectivity index (χ2n) is 5.79. The van der Waals surface area contributed by atoms with E-state index in [0.717, 1.165) is 45.1 Å². The Morgan fingerprint density at radius 3 is 2.41 bits per heavy atom. The van der Waals surface area contributed by atoms with E-state index in [0.29, 0.717) is 6.07 Å². The molecule has 1 aromatic carbocycles. The van der Waals surface area contributed by atoms with Crippen molar-refractivity contribution < 1.29 is 13.2 Å². The minimum Gasteiger partial charge on any atom is -0.314 e. The van der Waals surface area contributed by atoms with Crippen molar-refractivity contribution in [2.24, 2.45) is 5.92 Å². The van der Waals surface area contributed by atoms with Crippen molar-refractivity contribution in [2.75, 3.05) is 26.2 Å². The summed E-state index contributed by atoms with van der Waals surface area (Å²) in [5.74, 6) is -2.59. The fourth-order valence-electron chi connectivity index (χ4n) is 3.23. The average molecular weight is 337 g/mol. The van der Waals surface area contributed by atoms with Gasteiger partial charge in [-0.05, 0) is 18.4 Å². The Morgan fingerprint density at radius 2 is 1.82 bits per heavy atom. The van der Waals surface area contributed by atoms with Gasteiger partial charge in [-0.1, -0.05) is 20.3 Å². The van der Waals surface area contributed by atoms with Crippen LogP contribution < -0.4 is 5.32 Å². The Balaban J connectivity index is 0.00000242. The molecule has 1 N–H and O–H groups in total. The highest BCUT2D eigenvalue weighted by molar-refractivity contribution is 5.85. The molecule has 0 aliphatic carbocycles. The van der Waals surface area contributed by atoms with Crippen molar-refractivity contribution in [1.29, 1.82) is 0 Å². The highest BCUT2D eigenvalue weighted by Crippen LogP contribution is 2.34. The number of piperazine rings is 1. The summed E-state index contributed by atoms with van der Waals surface area (Å²) in [7, 11) is 0. The minimum atomic E-state index is -1.10. The number of benzene rings is 1. The van der Waals surface area contributed by atoms with Crippen LogP contribution in [0.3, 0.4) is 0 Å². The summed E-state index contributed by atoms with van der Waals surface area (Å²) in [5.41, 5.74) is 0.148. The van der Waals surface area contributed by atoms with Gasteiger partial charge in [-0.15, -0.1) is 12.4 Å². The quantitative estimate of drug-likeness (QED) is 0.820. The van der Waals surface area contributed by atoms with Crippen LogP contribution in [0.5, 0.6) is 0 Å². The molecule has 2 nitrogen and oxygen atoms in total. The Morgan fingerprint density at radius 1 is 1.18 bits per heavy atom. The Kier molecular flexibility index (Phi) is 7.66. The number of nitrogens with one attached hydrogen (secondary N) is 1. The second-order valence-corrected chi connectivity index (χ2v) is 5.79. The minimum absolute atomic E-state index is 0. The maximum absolute atomic E-state index is 14.2. The van der Waals surface area contributed by atoms with Crippen LogP contribution in [0.2, 0.25) is 0 Å². The van der Waals surface area contributed by atoms with Crippen LogP contribution in [0.15, 0.2) is 12.1 Å². The summed E-state index contributed by atoms with van der Waals surface area (Å²) < 4.78 is 41.3. The Bertz CT molecular complexity index is 479. The van der Waals surface area contributed by atoms with E-state index in [1.807, 2.05) is 6.92 Å². The van der Waals surface area contributed by atoms with Crippen LogP contribution in [0.25, 0.3) is 0 Å². The highest BCUT2D eigenvalue weighted by Gasteiger charge is 2.30. The predicted octanol–water partition coefficient (Wildman–Crippen LogP) is 3.91. The number of rotatable bonds is 5. The molecular weight excluding hydrogens is 313 g/mol. The number of nitrogens with zero attached hydrogens (tertiary/aromatic N) is 1. The molecule has 22 heavy (non-hydrogen) atoms. The number of hydrogen-bond acceptors (Lipinski definition) is 2. The molecule has 1 saturated heterocycles. The largest absolute Gasteiger partial charge is 0.314 e. The summed E-state index contributed by atoms with van der Waals surface area (Å²) in [6.07, 6.45) is 1.86. The lowest BCUT2D eigenvalue weighted by Crippen LogP contribution is -2.47. The van der Waals surface area contributed by atoms with Crippen LogP contribution in [-0.2, 0) is 0 Å². The first-order chi connectivity index (χ1) is 10.0. The van der Waals surface area contributed by atoms with Crippen LogP contribution >= 0.6 is 12.4 Å². The molecule has 1 unspecified atom stereocenters. The third kappa shape index (κ3) is 4.37. The first kappa shape index (κ1) is 19.3. The van der Waals surface area contributed by atoms with E-state index in [9.17, 15) is 13.2 Å². The first-order valence-electron chi connectivity index (χ1n) is 7.63. The monoisotopic (exact) mass is 336 g/mol. The molecule has 1 aromatic rings. The van der Waals surface area contributed by atoms with Crippen LogP contribution in [0.4, 0.5) is 13.2 Å². The van der Waals surface area contributed by atoms with Crippen LogP contribution in [0, 0.1) is 23.4 Å². The van der Waals surface area contributed by atoms with E-state index in [2.05, 4.69) is 17.1 Å². The lowest BCUT2D eigenvalue weighted by atomic mass is 9.88. The maximum Gasteiger partial charge on any atom is 0.163 e. The fourth-order valence-corrected chi connectivity index (χ4v) is 3.23. The zero-order valence-corrected chi connectivity index (χ0v) is 13.9. The van der Waals surface area contributed by atoms with Crippen molar-refractivity contribution >= 4 is 12.4 Å². The van der Waals surface area contributed by atoms with Gasteiger partial charge in [-0.25, -0.2) is 13.2 Å². The van der Waals surface area contributed by atoms with Gasteiger partial charge in [0.05, 0.1) is 0 Å². The summed E-state index contributed by atoms with van der Waals surface area (Å²) in [4.78, 5) is 2.13. The molecule has 2 atom stereocenters. The maximum atomic E-state index is 14.2. The van der Waals surface area contributed by atoms with Gasteiger partial charge < -0.3 is 5.32 Å². The van der Waals surface area contributed by atoms with Gasteiger partial charge in [0.15, 0.2) is 11.6 Å². The first-order valence-corrected chi connectivity index (χ1v) is 7.63. The third-order valence-electron chi connectivity index (χ3n) is 4.17. The van der Waals surface area contributed by atoms with Crippen molar-refractivity contribution in [1.82, 2.24) is 10.2 Å². The summed E-state index contributed by atoms with van der Waals surface area (Å²) in [6.45, 7) is 7.24. The lowest BCUT2D eigenvalue weighted by molar-refractivity contribution is 0.122. The van der Waals surface area contributed by atoms with Gasteiger partial charge >= 0.3 is 0 Å². The normalized spacial score (nSPS) is 18.6. The van der Waals surface area contributed by atoms with Crippen LogP contribution in [-0.4, -0.2) is 31.1 Å². The molecule has 6 heteroatoms.